The number of nitrogens with one attached hydrogen (secondary N) is 1. The van der Waals surface area contributed by atoms with Gasteiger partial charge in [-0.1, -0.05) is 13.0 Å². The highest BCUT2D eigenvalue weighted by Crippen LogP contribution is 1.90. The number of hydrogen-bond acceptors (Lipinski definition) is 2. The second-order valence-electron chi connectivity index (χ2n) is 2.06. The van der Waals surface area contributed by atoms with Gasteiger partial charge in [-0.25, -0.2) is 0 Å². The third-order valence-corrected chi connectivity index (χ3v) is 1.30. The Kier molecular flexibility index (Phi) is 4.58. The van der Waals surface area contributed by atoms with Crippen LogP contribution in [0.3, 0.4) is 0 Å². The summed E-state index contributed by atoms with van der Waals surface area (Å²) >= 11 is 0. The minimum Gasteiger partial charge on any atom is -0.366 e. The molecule has 3 N–H and O–H groups in total. The van der Waals surface area contributed by atoms with E-state index in [0.717, 1.165) is 6.42 Å². The summed E-state index contributed by atoms with van der Waals surface area (Å²) in [6.07, 6.45) is 4.10. The average Bonchev–Trinajstić information content (AvgIpc) is 1.90. The van der Waals surface area contributed by atoms with E-state index in [9.17, 15) is 4.79 Å². The molecule has 1 unspecified atom stereocenters. The van der Waals surface area contributed by atoms with E-state index in [4.69, 9.17) is 5.73 Å². The number of carbonyl (C=O) groups is 1. The minimum absolute atomic E-state index is 0.257. The Balaban J connectivity index is 3.72. The van der Waals surface area contributed by atoms with E-state index in [1.54, 1.807) is 6.08 Å². The number of likely N-dealkylation sites (N-methyl/N-ethyl adjacent to an activating group) is 1. The molecule has 0 heterocycles. The predicted octanol–water partition coefficient (Wildman–Crippen LogP) is 0.0259. The monoisotopic (exact) mass is 142 g/mol. The van der Waals surface area contributed by atoms with Crippen molar-refractivity contribution in [2.24, 2.45) is 5.73 Å². The molecule has 3 heteroatoms. The van der Waals surface area contributed by atoms with Gasteiger partial charge in [-0.2, -0.15) is 0 Å². The summed E-state index contributed by atoms with van der Waals surface area (Å²) in [6, 6.07) is 0.257. The molecule has 0 aliphatic carbocycles. The largest absolute Gasteiger partial charge is 0.366 e. The van der Waals surface area contributed by atoms with E-state index in [0.29, 0.717) is 0 Å². The summed E-state index contributed by atoms with van der Waals surface area (Å²) in [7, 11) is 1.85. The van der Waals surface area contributed by atoms with Gasteiger partial charge < -0.3 is 11.1 Å². The smallest absolute Gasteiger partial charge is 0.241 e. The van der Waals surface area contributed by atoms with Gasteiger partial charge in [0.25, 0.3) is 0 Å². The van der Waals surface area contributed by atoms with Gasteiger partial charge >= 0.3 is 0 Å². The molecule has 0 radical (unpaired) electrons. The van der Waals surface area contributed by atoms with Gasteiger partial charge in [0.2, 0.25) is 5.91 Å². The first-order valence-corrected chi connectivity index (χ1v) is 3.35. The highest BCUT2D eigenvalue weighted by molar-refractivity contribution is 5.85. The zero-order valence-corrected chi connectivity index (χ0v) is 6.42. The Labute approximate surface area is 61.3 Å². The van der Waals surface area contributed by atoms with Crippen LogP contribution in [-0.4, -0.2) is 19.0 Å². The topological polar surface area (TPSA) is 55.1 Å². The van der Waals surface area contributed by atoms with Crippen molar-refractivity contribution in [1.29, 1.82) is 0 Å². The Bertz CT molecular complexity index is 128. The van der Waals surface area contributed by atoms with Crippen LogP contribution in [0.1, 0.15) is 13.3 Å². The third kappa shape index (κ3) is 4.09. The number of rotatable bonds is 4. The number of hydrogen-bond donors (Lipinski definition) is 2. The van der Waals surface area contributed by atoms with E-state index in [2.05, 4.69) is 5.32 Å². The van der Waals surface area contributed by atoms with Gasteiger partial charge in [0, 0.05) is 12.1 Å². The van der Waals surface area contributed by atoms with Crippen LogP contribution in [0.4, 0.5) is 0 Å². The lowest BCUT2D eigenvalue weighted by molar-refractivity contribution is -0.113. The molecular formula is C7H14N2O. The second-order valence-corrected chi connectivity index (χ2v) is 2.06. The molecule has 1 amide bonds. The van der Waals surface area contributed by atoms with E-state index in [1.165, 1.54) is 6.08 Å². The molecule has 0 aliphatic rings. The summed E-state index contributed by atoms with van der Waals surface area (Å²) in [5.41, 5.74) is 4.90. The van der Waals surface area contributed by atoms with Crippen LogP contribution in [0, 0.1) is 0 Å². The molecule has 10 heavy (non-hydrogen) atoms. The summed E-state index contributed by atoms with van der Waals surface area (Å²) in [5.74, 6) is -0.395. The first kappa shape index (κ1) is 9.17. The predicted molar refractivity (Wildman–Crippen MR) is 41.5 cm³/mol. The number of primary amides is 1. The normalized spacial score (nSPS) is 13.8. The van der Waals surface area contributed by atoms with Crippen LogP contribution in [0.15, 0.2) is 12.2 Å². The fourth-order valence-electron chi connectivity index (χ4n) is 0.647. The molecule has 0 aliphatic heterocycles. The lowest BCUT2D eigenvalue weighted by atomic mass is 10.2. The van der Waals surface area contributed by atoms with Crippen LogP contribution < -0.4 is 11.1 Å². The maximum atomic E-state index is 10.2. The first-order chi connectivity index (χ1) is 4.70. The summed E-state index contributed by atoms with van der Waals surface area (Å²) in [6.45, 7) is 2.03. The Morgan fingerprint density at radius 1 is 1.80 bits per heavy atom. The summed E-state index contributed by atoms with van der Waals surface area (Å²) in [4.78, 5) is 10.2. The van der Waals surface area contributed by atoms with Crippen molar-refractivity contribution in [3.05, 3.63) is 12.2 Å². The van der Waals surface area contributed by atoms with Gasteiger partial charge in [-0.3, -0.25) is 4.79 Å². The molecule has 1 atom stereocenters. The van der Waals surface area contributed by atoms with Gasteiger partial charge in [0.1, 0.15) is 0 Å². The van der Waals surface area contributed by atoms with Crippen LogP contribution in [0.25, 0.3) is 0 Å². The van der Waals surface area contributed by atoms with Gasteiger partial charge in [0.15, 0.2) is 0 Å². The second kappa shape index (κ2) is 4.99. The lowest BCUT2D eigenvalue weighted by Crippen LogP contribution is -2.22. The quantitative estimate of drug-likeness (QED) is 0.544. The molecule has 0 fully saturated rings. The van der Waals surface area contributed by atoms with E-state index in [1.807, 2.05) is 14.0 Å². The molecule has 0 saturated carbocycles. The fourth-order valence-corrected chi connectivity index (χ4v) is 0.647. The fraction of sp³-hybridized carbons (Fsp3) is 0.571. The van der Waals surface area contributed by atoms with Crippen LogP contribution in [0.2, 0.25) is 0 Å². The number of carbonyl (C=O) groups excluding carboxylic acids is 1. The summed E-state index contributed by atoms with van der Waals surface area (Å²) in [5, 5.41) is 3.01. The Morgan fingerprint density at radius 2 is 2.40 bits per heavy atom. The molecule has 0 rings (SSSR count). The van der Waals surface area contributed by atoms with E-state index in [-0.39, 0.29) is 6.04 Å². The van der Waals surface area contributed by atoms with Crippen molar-refractivity contribution < 1.29 is 4.79 Å². The molecule has 0 bridgehead atoms. The highest BCUT2D eigenvalue weighted by Gasteiger charge is 1.95. The maximum Gasteiger partial charge on any atom is 0.241 e. The van der Waals surface area contributed by atoms with Crippen molar-refractivity contribution in [3.63, 3.8) is 0 Å². The number of amides is 1. The maximum absolute atomic E-state index is 10.2. The molecule has 0 aromatic carbocycles. The molecule has 0 spiro atoms. The van der Waals surface area contributed by atoms with Crippen LogP contribution in [0.5, 0.6) is 0 Å². The molecule has 58 valence electrons. The number of nitrogens with two attached hydrogens (primary N) is 1. The zero-order chi connectivity index (χ0) is 7.98. The SMILES string of the molecule is CCC(C=CC(N)=O)NC. The van der Waals surface area contributed by atoms with Crippen molar-refractivity contribution in [2.45, 2.75) is 19.4 Å². The highest BCUT2D eigenvalue weighted by atomic mass is 16.1. The Morgan fingerprint density at radius 3 is 2.70 bits per heavy atom. The van der Waals surface area contributed by atoms with E-state index >= 15 is 0 Å². The molecule has 0 saturated heterocycles. The molecular weight excluding hydrogens is 128 g/mol. The molecule has 0 aromatic heterocycles. The molecule has 3 nitrogen and oxygen atoms in total. The van der Waals surface area contributed by atoms with Gasteiger partial charge in [-0.05, 0) is 13.5 Å². The van der Waals surface area contributed by atoms with Gasteiger partial charge in [0.05, 0.1) is 0 Å². The first-order valence-electron chi connectivity index (χ1n) is 3.35. The minimum atomic E-state index is -0.395. The van der Waals surface area contributed by atoms with Crippen molar-refractivity contribution in [1.82, 2.24) is 5.32 Å². The standard InChI is InChI=1S/C7H14N2O/c1-3-6(9-2)4-5-7(8)10/h4-6,9H,3H2,1-2H3,(H2,8,10). The molecule has 0 aromatic rings. The average molecular weight is 142 g/mol. The van der Waals surface area contributed by atoms with E-state index < -0.39 is 5.91 Å². The van der Waals surface area contributed by atoms with Crippen LogP contribution in [-0.2, 0) is 4.79 Å². The Hall–Kier alpha value is -0.830. The lowest BCUT2D eigenvalue weighted by Gasteiger charge is -2.05. The van der Waals surface area contributed by atoms with Crippen molar-refractivity contribution in [3.8, 4) is 0 Å². The van der Waals surface area contributed by atoms with Crippen LogP contribution >= 0.6 is 0 Å². The zero-order valence-electron chi connectivity index (χ0n) is 6.42. The van der Waals surface area contributed by atoms with Crippen molar-refractivity contribution >= 4 is 5.91 Å². The van der Waals surface area contributed by atoms with Gasteiger partial charge in [-0.15, -0.1) is 0 Å². The van der Waals surface area contributed by atoms with Crippen molar-refractivity contribution in [2.75, 3.05) is 7.05 Å². The summed E-state index contributed by atoms with van der Waals surface area (Å²) < 4.78 is 0. The third-order valence-electron chi connectivity index (χ3n) is 1.30.